The quantitative estimate of drug-likeness (QED) is 0.119. The minimum atomic E-state index is -4.08. The van der Waals surface area contributed by atoms with Gasteiger partial charge in [-0.25, -0.2) is 8.78 Å². The van der Waals surface area contributed by atoms with Crippen LogP contribution in [0.25, 0.3) is 45.3 Å². The zero-order chi connectivity index (χ0) is 39.7. The molecule has 55 heavy (non-hydrogen) atoms. The van der Waals surface area contributed by atoms with Gasteiger partial charge in [0.15, 0.2) is 0 Å². The van der Waals surface area contributed by atoms with Gasteiger partial charge in [-0.05, 0) is 99.7 Å². The van der Waals surface area contributed by atoms with Gasteiger partial charge in [0.2, 0.25) is 11.6 Å². The molecule has 3 N–H and O–H groups in total. The van der Waals surface area contributed by atoms with Gasteiger partial charge in [0.25, 0.3) is 10.1 Å². The van der Waals surface area contributed by atoms with Gasteiger partial charge in [-0.3, -0.25) is 19.3 Å². The van der Waals surface area contributed by atoms with E-state index >= 15 is 0 Å². The molecule has 0 aliphatic heterocycles. The molecule has 2 aromatic carbocycles. The molecule has 15 nitrogen and oxygen atoms in total. The Morgan fingerprint density at radius 1 is 0.855 bits per heavy atom. The van der Waals surface area contributed by atoms with Crippen molar-refractivity contribution >= 4 is 44.2 Å². The molecule has 6 aromatic rings. The predicted molar refractivity (Wildman–Crippen MR) is 207 cm³/mol. The van der Waals surface area contributed by atoms with Gasteiger partial charge >= 0.3 is 0 Å². The van der Waals surface area contributed by atoms with Crippen LogP contribution in [-0.2, 0) is 29.0 Å². The lowest BCUT2D eigenvalue weighted by Gasteiger charge is -2.35. The Morgan fingerprint density at radius 2 is 1.38 bits per heavy atom. The van der Waals surface area contributed by atoms with Crippen molar-refractivity contribution in [3.05, 3.63) is 88.3 Å². The number of halogens is 3. The van der Waals surface area contributed by atoms with Crippen LogP contribution < -0.4 is 5.73 Å². The van der Waals surface area contributed by atoms with Crippen LogP contribution in [0.4, 0.5) is 14.5 Å². The third-order valence-electron chi connectivity index (χ3n) is 10.1. The standard InChI is InChI=1S/C13H9FIN5.C13H11FN6.C10H16O4S/c2*1-20-18-13(17-19-20)12-5-2-8(7-16-12)10-4-3-9(15)6-11(10)14;1-9(2)7-3-4-10(9,8(11)5-7)6-15(12,13)14/h2-7H,1H3;2-7H,15H2,1H3;7H,3-6H2,1-2H3,(H,12,13,14)/t;;7-,10?/m..0/s1. The van der Waals surface area contributed by atoms with E-state index < -0.39 is 21.3 Å². The molecule has 2 bridgehead atoms. The lowest BCUT2D eigenvalue weighted by molar-refractivity contribution is -0.128. The summed E-state index contributed by atoms with van der Waals surface area (Å²) in [7, 11) is -0.715. The van der Waals surface area contributed by atoms with E-state index in [-0.39, 0.29) is 28.8 Å². The Balaban J connectivity index is 0.000000142. The first kappa shape index (κ1) is 39.5. The number of aryl methyl sites for hydroxylation is 2. The summed E-state index contributed by atoms with van der Waals surface area (Å²) in [4.78, 5) is 23.1. The van der Waals surface area contributed by atoms with E-state index in [0.29, 0.717) is 63.8 Å². The second kappa shape index (κ2) is 15.5. The lowest BCUT2D eigenvalue weighted by atomic mass is 9.70. The maximum Gasteiger partial charge on any atom is 0.265 e. The molecule has 286 valence electrons. The molecule has 2 atom stereocenters. The van der Waals surface area contributed by atoms with Crippen molar-refractivity contribution in [1.29, 1.82) is 0 Å². The van der Waals surface area contributed by atoms with E-state index in [4.69, 9.17) is 10.3 Å². The fourth-order valence-electron chi connectivity index (χ4n) is 7.05. The van der Waals surface area contributed by atoms with E-state index in [9.17, 15) is 22.0 Å². The molecule has 0 radical (unpaired) electrons. The smallest absolute Gasteiger partial charge is 0.265 e. The fraction of sp³-hybridized carbons (Fsp3) is 0.306. The van der Waals surface area contributed by atoms with Crippen LogP contribution in [0.15, 0.2) is 73.1 Å². The second-order valence-corrected chi connectivity index (χ2v) is 16.5. The number of Topliss-reactive ketones (excluding diaryl/α,β-unsaturated/α-hetero) is 1. The number of fused-ring (bicyclic) bond motifs is 2. The van der Waals surface area contributed by atoms with Gasteiger partial charge < -0.3 is 5.73 Å². The third-order valence-corrected chi connectivity index (χ3v) is 11.6. The molecular formula is C36H36F2IN11O4S. The van der Waals surface area contributed by atoms with Gasteiger partial charge in [-0.2, -0.15) is 18.0 Å². The summed E-state index contributed by atoms with van der Waals surface area (Å²) < 4.78 is 59.5. The van der Waals surface area contributed by atoms with Gasteiger partial charge in [-0.1, -0.05) is 32.0 Å². The molecule has 19 heteroatoms. The SMILES string of the molecule is CC1(C)[C@H]2CCC1(CS(=O)(=O)O)C(=O)C2.Cn1nnc(-c2ccc(-c3ccc(I)cc3F)cn2)n1.Cn1nnc(-c2ccc(-c3ccc(N)cc3F)cn2)n1. The Labute approximate surface area is 328 Å². The van der Waals surface area contributed by atoms with E-state index in [1.165, 1.54) is 21.7 Å². The van der Waals surface area contributed by atoms with E-state index in [1.54, 1.807) is 69.0 Å². The Kier molecular flexibility index (Phi) is 11.2. The zero-order valence-corrected chi connectivity index (χ0v) is 33.1. The van der Waals surface area contributed by atoms with Crippen molar-refractivity contribution in [3.8, 4) is 45.3 Å². The highest BCUT2D eigenvalue weighted by molar-refractivity contribution is 14.1. The van der Waals surface area contributed by atoms with E-state index in [0.717, 1.165) is 9.99 Å². The number of hydrogen-bond donors (Lipinski definition) is 2. The number of aromatic nitrogens is 10. The Morgan fingerprint density at radius 3 is 1.76 bits per heavy atom. The van der Waals surface area contributed by atoms with Gasteiger partial charge in [-0.15, -0.1) is 20.4 Å². The number of tetrazole rings is 2. The number of nitrogen functional groups attached to an aromatic ring is 1. The van der Waals surface area contributed by atoms with Crippen LogP contribution in [0.5, 0.6) is 0 Å². The number of hydrogen-bond acceptors (Lipinski definition) is 12. The maximum absolute atomic E-state index is 13.9. The van der Waals surface area contributed by atoms with Crippen molar-refractivity contribution in [2.75, 3.05) is 11.5 Å². The van der Waals surface area contributed by atoms with Crippen molar-refractivity contribution in [3.63, 3.8) is 0 Å². The van der Waals surface area contributed by atoms with Crippen molar-refractivity contribution < 1.29 is 26.5 Å². The lowest BCUT2D eigenvalue weighted by Crippen LogP contribution is -2.42. The summed E-state index contributed by atoms with van der Waals surface area (Å²) in [6, 6.07) is 16.7. The zero-order valence-electron chi connectivity index (χ0n) is 30.1. The van der Waals surface area contributed by atoms with Gasteiger partial charge in [0.05, 0.1) is 25.3 Å². The predicted octanol–water partition coefficient (Wildman–Crippen LogP) is 5.61. The molecule has 2 saturated carbocycles. The van der Waals surface area contributed by atoms with Crippen LogP contribution in [0.1, 0.15) is 33.1 Å². The normalized spacial score (nSPS) is 18.3. The fourth-order valence-corrected chi connectivity index (χ4v) is 8.81. The van der Waals surface area contributed by atoms with E-state index in [2.05, 4.69) is 63.4 Å². The molecule has 0 amide bonds. The summed E-state index contributed by atoms with van der Waals surface area (Å²) in [6.07, 6.45) is 5.15. The second-order valence-electron chi connectivity index (χ2n) is 13.8. The molecule has 4 aromatic heterocycles. The highest BCUT2D eigenvalue weighted by Crippen LogP contribution is 2.64. The first-order chi connectivity index (χ1) is 26.0. The minimum absolute atomic E-state index is 0.0152. The van der Waals surface area contributed by atoms with Crippen LogP contribution >= 0.6 is 22.6 Å². The highest BCUT2D eigenvalue weighted by atomic mass is 127. The Bertz CT molecular complexity index is 2330. The molecule has 8 rings (SSSR count). The minimum Gasteiger partial charge on any atom is -0.399 e. The van der Waals surface area contributed by atoms with Crippen LogP contribution in [0, 0.1) is 32.0 Å². The molecule has 0 saturated heterocycles. The molecule has 0 spiro atoms. The number of pyridine rings is 2. The summed E-state index contributed by atoms with van der Waals surface area (Å²) in [5.41, 5.74) is 8.33. The topological polar surface area (TPSA) is 210 Å². The van der Waals surface area contributed by atoms with Crippen molar-refractivity contribution in [2.24, 2.45) is 30.8 Å². The molecule has 4 heterocycles. The number of benzene rings is 2. The molecule has 1 unspecified atom stereocenters. The number of nitrogens with two attached hydrogens (primary N) is 1. The average molecular weight is 884 g/mol. The number of carbonyl (C=O) groups excluding carboxylic acids is 1. The molecular weight excluding hydrogens is 847 g/mol. The summed E-state index contributed by atoms with van der Waals surface area (Å²) in [5.74, 6) is 0.135. The van der Waals surface area contributed by atoms with Crippen LogP contribution in [-0.4, -0.2) is 74.9 Å². The number of anilines is 1. The van der Waals surface area contributed by atoms with Crippen molar-refractivity contribution in [1.82, 2.24) is 50.4 Å². The van der Waals surface area contributed by atoms with Crippen molar-refractivity contribution in [2.45, 2.75) is 33.1 Å². The Hall–Kier alpha value is -5.15. The molecule has 2 aliphatic carbocycles. The number of ketones is 1. The molecule has 2 aliphatic rings. The number of nitrogens with zero attached hydrogens (tertiary/aromatic N) is 10. The van der Waals surface area contributed by atoms with Gasteiger partial charge in [0.1, 0.15) is 28.8 Å². The summed E-state index contributed by atoms with van der Waals surface area (Å²) in [5, 5.41) is 23.4. The first-order valence-corrected chi connectivity index (χ1v) is 19.5. The summed E-state index contributed by atoms with van der Waals surface area (Å²) in [6.45, 7) is 3.89. The summed E-state index contributed by atoms with van der Waals surface area (Å²) >= 11 is 2.08. The third kappa shape index (κ3) is 8.57. The van der Waals surface area contributed by atoms with Crippen LogP contribution in [0.3, 0.4) is 0 Å². The number of rotatable bonds is 6. The average Bonchev–Trinajstić information content (AvgIpc) is 3.86. The van der Waals surface area contributed by atoms with E-state index in [1.807, 2.05) is 19.9 Å². The monoisotopic (exact) mass is 883 g/mol. The molecule has 2 fully saturated rings. The first-order valence-electron chi connectivity index (χ1n) is 16.9. The number of carbonyl (C=O) groups is 1. The largest absolute Gasteiger partial charge is 0.399 e. The highest BCUT2D eigenvalue weighted by Gasteiger charge is 2.65. The maximum atomic E-state index is 13.9. The van der Waals surface area contributed by atoms with Crippen LogP contribution in [0.2, 0.25) is 0 Å². The van der Waals surface area contributed by atoms with Gasteiger partial charge in [0, 0.05) is 50.3 Å².